The van der Waals surface area contributed by atoms with Gasteiger partial charge in [0.25, 0.3) is 5.91 Å². The molecule has 0 aromatic heterocycles. The molecule has 0 radical (unpaired) electrons. The van der Waals surface area contributed by atoms with Crippen molar-refractivity contribution in [3.8, 4) is 0 Å². The number of aryl methyl sites for hydroxylation is 1. The molecule has 1 fully saturated rings. The lowest BCUT2D eigenvalue weighted by Gasteiger charge is -2.26. The molecule has 28 heavy (non-hydrogen) atoms. The average Bonchev–Trinajstić information content (AvgIpc) is 2.73. The molecule has 1 heterocycles. The smallest absolute Gasteiger partial charge is 0.251 e. The van der Waals surface area contributed by atoms with Crippen LogP contribution < -0.4 is 5.32 Å². The van der Waals surface area contributed by atoms with Gasteiger partial charge in [0, 0.05) is 24.7 Å². The number of carbonyl (C=O) groups excluding carboxylic acids is 1. The molecule has 5 nitrogen and oxygen atoms in total. The summed E-state index contributed by atoms with van der Waals surface area (Å²) < 4.78 is 27.2. The number of amides is 1. The maximum absolute atomic E-state index is 12.8. The number of nitrogens with zero attached hydrogens (tertiary/aromatic N) is 1. The number of piperidine rings is 1. The van der Waals surface area contributed by atoms with Crippen LogP contribution >= 0.6 is 0 Å². The van der Waals surface area contributed by atoms with Crippen molar-refractivity contribution < 1.29 is 13.2 Å². The van der Waals surface area contributed by atoms with Crippen molar-refractivity contribution in [1.82, 2.24) is 9.62 Å². The van der Waals surface area contributed by atoms with Crippen molar-refractivity contribution >= 4 is 15.9 Å². The minimum absolute atomic E-state index is 0.00457. The van der Waals surface area contributed by atoms with Gasteiger partial charge in [-0.05, 0) is 56.4 Å². The summed E-state index contributed by atoms with van der Waals surface area (Å²) >= 11 is 0. The second-order valence-corrected chi connectivity index (χ2v) is 9.33. The van der Waals surface area contributed by atoms with Crippen LogP contribution in [0.15, 0.2) is 59.5 Å². The van der Waals surface area contributed by atoms with Crippen LogP contribution in [0.2, 0.25) is 0 Å². The summed E-state index contributed by atoms with van der Waals surface area (Å²) in [4.78, 5) is 12.8. The van der Waals surface area contributed by atoms with Crippen LogP contribution in [0.25, 0.3) is 0 Å². The molecule has 1 N–H and O–H groups in total. The first-order valence-corrected chi connectivity index (χ1v) is 11.4. The van der Waals surface area contributed by atoms with E-state index >= 15 is 0 Å². The third-order valence-corrected chi connectivity index (χ3v) is 7.03. The normalized spacial score (nSPS) is 16.5. The Morgan fingerprint density at radius 2 is 1.75 bits per heavy atom. The molecule has 0 aliphatic carbocycles. The first-order valence-electron chi connectivity index (χ1n) is 9.92. The lowest BCUT2D eigenvalue weighted by molar-refractivity contribution is 0.0938. The Hall–Kier alpha value is -2.18. The maximum atomic E-state index is 12.8. The van der Waals surface area contributed by atoms with Gasteiger partial charge in [0.2, 0.25) is 10.0 Å². The Morgan fingerprint density at radius 3 is 2.46 bits per heavy atom. The van der Waals surface area contributed by atoms with Gasteiger partial charge in [-0.2, -0.15) is 4.31 Å². The van der Waals surface area contributed by atoms with Crippen LogP contribution in [0.5, 0.6) is 0 Å². The van der Waals surface area contributed by atoms with Gasteiger partial charge in [0.1, 0.15) is 0 Å². The van der Waals surface area contributed by atoms with E-state index in [9.17, 15) is 13.2 Å². The first-order chi connectivity index (χ1) is 13.5. The zero-order valence-electron chi connectivity index (χ0n) is 16.3. The molecule has 6 heteroatoms. The van der Waals surface area contributed by atoms with Crippen molar-refractivity contribution in [1.29, 1.82) is 0 Å². The molecule has 1 aliphatic heterocycles. The van der Waals surface area contributed by atoms with Gasteiger partial charge < -0.3 is 5.32 Å². The summed E-state index contributed by atoms with van der Waals surface area (Å²) in [6, 6.07) is 16.5. The van der Waals surface area contributed by atoms with Crippen molar-refractivity contribution in [3.05, 3.63) is 65.7 Å². The molecule has 0 spiro atoms. The number of sulfonamides is 1. The van der Waals surface area contributed by atoms with E-state index in [1.165, 1.54) is 15.9 Å². The largest absolute Gasteiger partial charge is 0.350 e. The summed E-state index contributed by atoms with van der Waals surface area (Å²) in [5.74, 6) is -0.240. The summed E-state index contributed by atoms with van der Waals surface area (Å²) in [6.07, 6.45) is 4.54. The van der Waals surface area contributed by atoms with Crippen LogP contribution in [0.1, 0.15) is 48.5 Å². The molecule has 0 unspecified atom stereocenters. The zero-order chi connectivity index (χ0) is 20.0. The van der Waals surface area contributed by atoms with Gasteiger partial charge in [-0.3, -0.25) is 4.79 Å². The SMILES string of the molecule is C[C@@H](CCc1ccccc1)NC(=O)c1cccc(S(=O)(=O)N2CCCCC2)c1. The second kappa shape index (κ2) is 9.34. The van der Waals surface area contributed by atoms with Crippen molar-refractivity contribution in [2.24, 2.45) is 0 Å². The van der Waals surface area contributed by atoms with E-state index in [0.29, 0.717) is 18.7 Å². The molecule has 1 aliphatic rings. The predicted molar refractivity (Wildman–Crippen MR) is 111 cm³/mol. The number of carbonyl (C=O) groups is 1. The highest BCUT2D eigenvalue weighted by atomic mass is 32.2. The van der Waals surface area contributed by atoms with E-state index in [4.69, 9.17) is 0 Å². The molecule has 150 valence electrons. The van der Waals surface area contributed by atoms with E-state index < -0.39 is 10.0 Å². The molecule has 1 amide bonds. The predicted octanol–water partition coefficient (Wildman–Crippen LogP) is 3.61. The minimum Gasteiger partial charge on any atom is -0.350 e. The van der Waals surface area contributed by atoms with Gasteiger partial charge in [-0.15, -0.1) is 0 Å². The topological polar surface area (TPSA) is 66.5 Å². The quantitative estimate of drug-likeness (QED) is 0.772. The Balaban J connectivity index is 1.63. The summed E-state index contributed by atoms with van der Waals surface area (Å²) in [5, 5.41) is 2.98. The van der Waals surface area contributed by atoms with Crippen LogP contribution in [0.4, 0.5) is 0 Å². The van der Waals surface area contributed by atoms with Crippen molar-refractivity contribution in [2.45, 2.75) is 50.0 Å². The molecular weight excluding hydrogens is 372 g/mol. The second-order valence-electron chi connectivity index (χ2n) is 7.39. The van der Waals surface area contributed by atoms with E-state index in [1.807, 2.05) is 25.1 Å². The lowest BCUT2D eigenvalue weighted by atomic mass is 10.1. The summed E-state index contributed by atoms with van der Waals surface area (Å²) in [7, 11) is -3.54. The van der Waals surface area contributed by atoms with Crippen LogP contribution in [0, 0.1) is 0 Å². The van der Waals surface area contributed by atoms with Crippen LogP contribution in [0.3, 0.4) is 0 Å². The minimum atomic E-state index is -3.54. The van der Waals surface area contributed by atoms with Gasteiger partial charge in [-0.25, -0.2) is 8.42 Å². The van der Waals surface area contributed by atoms with Crippen molar-refractivity contribution in [3.63, 3.8) is 0 Å². The first kappa shape index (κ1) is 20.6. The van der Waals surface area contributed by atoms with Crippen LogP contribution in [-0.4, -0.2) is 37.8 Å². The van der Waals surface area contributed by atoms with E-state index in [0.717, 1.165) is 32.1 Å². The highest BCUT2D eigenvalue weighted by Gasteiger charge is 2.26. The highest BCUT2D eigenvalue weighted by Crippen LogP contribution is 2.21. The molecule has 2 aromatic rings. The monoisotopic (exact) mass is 400 g/mol. The number of nitrogens with one attached hydrogen (secondary N) is 1. The summed E-state index contributed by atoms with van der Waals surface area (Å²) in [6.45, 7) is 3.07. The van der Waals surface area contributed by atoms with Gasteiger partial charge in [0.05, 0.1) is 4.90 Å². The van der Waals surface area contributed by atoms with Crippen molar-refractivity contribution in [2.75, 3.05) is 13.1 Å². The lowest BCUT2D eigenvalue weighted by Crippen LogP contribution is -2.36. The number of benzene rings is 2. The molecule has 1 saturated heterocycles. The highest BCUT2D eigenvalue weighted by molar-refractivity contribution is 7.89. The van der Waals surface area contributed by atoms with E-state index in [2.05, 4.69) is 17.4 Å². The molecule has 3 rings (SSSR count). The Labute approximate surface area is 167 Å². The molecular formula is C22H28N2O3S. The fourth-order valence-corrected chi connectivity index (χ4v) is 5.02. The fraction of sp³-hybridized carbons (Fsp3) is 0.409. The van der Waals surface area contributed by atoms with Gasteiger partial charge >= 0.3 is 0 Å². The van der Waals surface area contributed by atoms with E-state index in [-0.39, 0.29) is 16.8 Å². The molecule has 2 aromatic carbocycles. The maximum Gasteiger partial charge on any atom is 0.251 e. The number of rotatable bonds is 7. The zero-order valence-corrected chi connectivity index (χ0v) is 17.1. The standard InChI is InChI=1S/C22H28N2O3S/c1-18(13-14-19-9-4-2-5-10-19)23-22(25)20-11-8-12-21(17-20)28(26,27)24-15-6-3-7-16-24/h2,4-5,8-12,17-18H,3,6-7,13-16H2,1H3,(H,23,25)/t18-/m0/s1. The average molecular weight is 401 g/mol. The molecule has 0 saturated carbocycles. The number of hydrogen-bond acceptors (Lipinski definition) is 3. The van der Waals surface area contributed by atoms with Gasteiger partial charge in [-0.1, -0.05) is 42.8 Å². The van der Waals surface area contributed by atoms with E-state index in [1.54, 1.807) is 18.2 Å². The Kier molecular flexibility index (Phi) is 6.86. The third kappa shape index (κ3) is 5.20. The van der Waals surface area contributed by atoms with Crippen LogP contribution in [-0.2, 0) is 16.4 Å². The Morgan fingerprint density at radius 1 is 1.04 bits per heavy atom. The fourth-order valence-electron chi connectivity index (χ4n) is 3.46. The Bertz CT molecular complexity index is 891. The summed E-state index contributed by atoms with van der Waals surface area (Å²) in [5.41, 5.74) is 1.61. The molecule has 0 bridgehead atoms. The van der Waals surface area contributed by atoms with Gasteiger partial charge in [0.15, 0.2) is 0 Å². The molecule has 1 atom stereocenters. The third-order valence-electron chi connectivity index (χ3n) is 5.14. The number of hydrogen-bond donors (Lipinski definition) is 1.